The first-order valence-electron chi connectivity index (χ1n) is 7.33. The number of carbonyl (C=O) groups is 2. The molecule has 0 bridgehead atoms. The van der Waals surface area contributed by atoms with Crippen molar-refractivity contribution < 1.29 is 14.7 Å². The van der Waals surface area contributed by atoms with Gasteiger partial charge in [-0.1, -0.05) is 19.8 Å². The molecule has 2 rings (SSSR count). The fraction of sp³-hybridized carbons (Fsp3) is 0.857. The van der Waals surface area contributed by atoms with Crippen LogP contribution in [0, 0.1) is 11.8 Å². The largest absolute Gasteiger partial charge is 0.480 e. The predicted molar refractivity (Wildman–Crippen MR) is 71.7 cm³/mol. The van der Waals surface area contributed by atoms with Gasteiger partial charge in [0.25, 0.3) is 0 Å². The van der Waals surface area contributed by atoms with Crippen molar-refractivity contribution in [2.75, 3.05) is 6.54 Å². The second-order valence-corrected chi connectivity index (χ2v) is 5.97. The Bertz CT molecular complexity index is 342. The normalized spacial score (nSPS) is 28.7. The topological polar surface area (TPSA) is 78.4 Å². The van der Waals surface area contributed by atoms with Crippen molar-refractivity contribution in [3.05, 3.63) is 0 Å². The third kappa shape index (κ3) is 4.20. The zero-order valence-electron chi connectivity index (χ0n) is 11.5. The van der Waals surface area contributed by atoms with Crippen molar-refractivity contribution in [2.45, 2.75) is 57.5 Å². The standard InChI is InChI=1S/C14H24N2O3/c1-9-4-2-3-5-11(9)16-12(17)8-15-13(14(18)19)10-6-7-10/h9-11,13,15H,2-8H2,1H3,(H,16,17)(H,18,19). The van der Waals surface area contributed by atoms with Crippen LogP contribution in [-0.2, 0) is 9.59 Å². The summed E-state index contributed by atoms with van der Waals surface area (Å²) in [6.07, 6.45) is 6.52. The summed E-state index contributed by atoms with van der Waals surface area (Å²) in [5, 5.41) is 15.0. The van der Waals surface area contributed by atoms with E-state index in [2.05, 4.69) is 17.6 Å². The summed E-state index contributed by atoms with van der Waals surface area (Å²) < 4.78 is 0. The van der Waals surface area contributed by atoms with Crippen LogP contribution in [-0.4, -0.2) is 35.6 Å². The molecule has 0 radical (unpaired) electrons. The Kier molecular flexibility index (Phi) is 4.80. The van der Waals surface area contributed by atoms with Gasteiger partial charge in [0.1, 0.15) is 6.04 Å². The molecule has 2 aliphatic carbocycles. The van der Waals surface area contributed by atoms with Crippen molar-refractivity contribution in [1.82, 2.24) is 10.6 Å². The lowest BCUT2D eigenvalue weighted by molar-refractivity contribution is -0.140. The van der Waals surface area contributed by atoms with E-state index < -0.39 is 12.0 Å². The number of carbonyl (C=O) groups excluding carboxylic acids is 1. The highest BCUT2D eigenvalue weighted by Crippen LogP contribution is 2.32. The molecule has 0 aromatic carbocycles. The van der Waals surface area contributed by atoms with Crippen molar-refractivity contribution in [2.24, 2.45) is 11.8 Å². The summed E-state index contributed by atoms with van der Waals surface area (Å²) in [5.74, 6) is -0.192. The monoisotopic (exact) mass is 268 g/mol. The van der Waals surface area contributed by atoms with Crippen molar-refractivity contribution in [3.8, 4) is 0 Å². The van der Waals surface area contributed by atoms with Crippen LogP contribution in [0.25, 0.3) is 0 Å². The Labute approximate surface area is 114 Å². The lowest BCUT2D eigenvalue weighted by Crippen LogP contribution is -2.48. The van der Waals surface area contributed by atoms with E-state index in [1.165, 1.54) is 12.8 Å². The smallest absolute Gasteiger partial charge is 0.320 e. The Hall–Kier alpha value is -1.10. The minimum absolute atomic E-state index is 0.0781. The molecular formula is C14H24N2O3. The zero-order valence-corrected chi connectivity index (χ0v) is 11.5. The Morgan fingerprint density at radius 1 is 1.21 bits per heavy atom. The van der Waals surface area contributed by atoms with E-state index in [1.807, 2.05) is 0 Å². The Morgan fingerprint density at radius 2 is 1.89 bits per heavy atom. The fourth-order valence-electron chi connectivity index (χ4n) is 2.88. The van der Waals surface area contributed by atoms with Crippen molar-refractivity contribution in [3.63, 3.8) is 0 Å². The molecule has 3 atom stereocenters. The number of nitrogens with one attached hydrogen (secondary N) is 2. The Balaban J connectivity index is 1.72. The van der Waals surface area contributed by atoms with Crippen LogP contribution in [0.2, 0.25) is 0 Å². The molecule has 5 heteroatoms. The van der Waals surface area contributed by atoms with E-state index in [-0.39, 0.29) is 24.4 Å². The molecule has 0 saturated heterocycles. The van der Waals surface area contributed by atoms with Gasteiger partial charge in [-0.15, -0.1) is 0 Å². The number of hydrogen-bond donors (Lipinski definition) is 3. The molecule has 3 N–H and O–H groups in total. The lowest BCUT2D eigenvalue weighted by atomic mass is 9.86. The molecule has 2 saturated carbocycles. The van der Waals surface area contributed by atoms with Crippen LogP contribution in [0.15, 0.2) is 0 Å². The molecule has 3 unspecified atom stereocenters. The number of amides is 1. The maximum atomic E-state index is 11.9. The predicted octanol–water partition coefficient (Wildman–Crippen LogP) is 1.13. The van der Waals surface area contributed by atoms with Gasteiger partial charge < -0.3 is 10.4 Å². The molecule has 0 aliphatic heterocycles. The number of carboxylic acid groups (broad SMARTS) is 1. The summed E-state index contributed by atoms with van der Waals surface area (Å²) in [5.41, 5.74) is 0. The maximum absolute atomic E-state index is 11.9. The molecule has 108 valence electrons. The average Bonchev–Trinajstić information content (AvgIpc) is 3.16. The summed E-state index contributed by atoms with van der Waals surface area (Å²) in [6, 6.07) is -0.304. The van der Waals surface area contributed by atoms with Crippen LogP contribution in [0.5, 0.6) is 0 Å². The van der Waals surface area contributed by atoms with E-state index in [0.29, 0.717) is 5.92 Å². The third-order valence-corrected chi connectivity index (χ3v) is 4.30. The summed E-state index contributed by atoms with van der Waals surface area (Å²) in [4.78, 5) is 22.9. The van der Waals surface area contributed by atoms with E-state index in [1.54, 1.807) is 0 Å². The van der Waals surface area contributed by atoms with Crippen molar-refractivity contribution in [1.29, 1.82) is 0 Å². The molecule has 0 heterocycles. The molecule has 1 amide bonds. The quantitative estimate of drug-likeness (QED) is 0.675. The zero-order chi connectivity index (χ0) is 13.8. The molecule has 0 spiro atoms. The van der Waals surface area contributed by atoms with Crippen LogP contribution in [0.1, 0.15) is 45.4 Å². The van der Waals surface area contributed by atoms with Crippen LogP contribution >= 0.6 is 0 Å². The van der Waals surface area contributed by atoms with Gasteiger partial charge in [-0.05, 0) is 37.5 Å². The van der Waals surface area contributed by atoms with Gasteiger partial charge in [-0.2, -0.15) is 0 Å². The molecule has 2 aliphatic rings. The SMILES string of the molecule is CC1CCCCC1NC(=O)CNC(C(=O)O)C1CC1. The molecule has 0 aromatic heterocycles. The number of hydrogen-bond acceptors (Lipinski definition) is 3. The number of carboxylic acids is 1. The number of rotatable bonds is 6. The van der Waals surface area contributed by atoms with E-state index in [0.717, 1.165) is 25.7 Å². The van der Waals surface area contributed by atoms with Crippen LogP contribution in [0.4, 0.5) is 0 Å². The van der Waals surface area contributed by atoms with E-state index in [4.69, 9.17) is 5.11 Å². The molecule has 0 aromatic rings. The second kappa shape index (κ2) is 6.37. The lowest BCUT2D eigenvalue weighted by Gasteiger charge is -2.29. The minimum Gasteiger partial charge on any atom is -0.480 e. The van der Waals surface area contributed by atoms with Gasteiger partial charge >= 0.3 is 5.97 Å². The maximum Gasteiger partial charge on any atom is 0.320 e. The van der Waals surface area contributed by atoms with Gasteiger partial charge in [-0.3, -0.25) is 14.9 Å². The van der Waals surface area contributed by atoms with Crippen LogP contribution in [0.3, 0.4) is 0 Å². The van der Waals surface area contributed by atoms with E-state index in [9.17, 15) is 9.59 Å². The molecule has 5 nitrogen and oxygen atoms in total. The molecule has 19 heavy (non-hydrogen) atoms. The summed E-state index contributed by atoms with van der Waals surface area (Å²) >= 11 is 0. The van der Waals surface area contributed by atoms with Gasteiger partial charge in [0.05, 0.1) is 6.54 Å². The third-order valence-electron chi connectivity index (χ3n) is 4.30. The van der Waals surface area contributed by atoms with Crippen molar-refractivity contribution >= 4 is 11.9 Å². The second-order valence-electron chi connectivity index (χ2n) is 5.97. The average molecular weight is 268 g/mol. The van der Waals surface area contributed by atoms with Gasteiger partial charge in [0.15, 0.2) is 0 Å². The Morgan fingerprint density at radius 3 is 2.47 bits per heavy atom. The fourth-order valence-corrected chi connectivity index (χ4v) is 2.88. The highest BCUT2D eigenvalue weighted by molar-refractivity contribution is 5.80. The van der Waals surface area contributed by atoms with Gasteiger partial charge in [0.2, 0.25) is 5.91 Å². The van der Waals surface area contributed by atoms with Gasteiger partial charge in [-0.25, -0.2) is 0 Å². The number of aliphatic carboxylic acids is 1. The summed E-state index contributed by atoms with van der Waals surface area (Å²) in [7, 11) is 0. The first-order valence-corrected chi connectivity index (χ1v) is 7.33. The first kappa shape index (κ1) is 14.3. The minimum atomic E-state index is -0.846. The van der Waals surface area contributed by atoms with Gasteiger partial charge in [0, 0.05) is 6.04 Å². The highest BCUT2D eigenvalue weighted by atomic mass is 16.4. The molecular weight excluding hydrogens is 244 g/mol. The summed E-state index contributed by atoms with van der Waals surface area (Å²) in [6.45, 7) is 2.28. The highest BCUT2D eigenvalue weighted by Gasteiger charge is 2.36. The van der Waals surface area contributed by atoms with E-state index >= 15 is 0 Å². The first-order chi connectivity index (χ1) is 9.08. The molecule has 2 fully saturated rings. The van der Waals surface area contributed by atoms with Crippen LogP contribution < -0.4 is 10.6 Å².